The first-order valence-corrected chi connectivity index (χ1v) is 12.3. The SMILES string of the molecule is [B][C@@H]1O[C@H](COP2(O)(O)OC3[C@H]([B])O[C@H](COC(C)C)[C@@H]3O2)[C@H](OCC(C)(C)C)C1O. The van der Waals surface area contributed by atoms with E-state index in [0.29, 0.717) is 6.61 Å². The fourth-order valence-electron chi connectivity index (χ4n) is 3.58. The molecule has 13 heteroatoms. The third-order valence-electron chi connectivity index (χ3n) is 5.08. The van der Waals surface area contributed by atoms with Gasteiger partial charge in [-0.05, 0) is 0 Å². The molecule has 10 nitrogen and oxygen atoms in total. The molecule has 0 aliphatic carbocycles. The third-order valence-corrected chi connectivity index (χ3v) is 6.88. The molecule has 176 valence electrons. The zero-order chi connectivity index (χ0) is 23.2. The summed E-state index contributed by atoms with van der Waals surface area (Å²) in [5.41, 5.74) is -0.166. The summed E-state index contributed by atoms with van der Waals surface area (Å²) in [6, 6.07) is -1.95. The molecule has 3 saturated heterocycles. The van der Waals surface area contributed by atoms with Crippen molar-refractivity contribution in [1.82, 2.24) is 0 Å². The fraction of sp³-hybridized carbons (Fsp3) is 1.00. The van der Waals surface area contributed by atoms with Gasteiger partial charge in [-0.1, -0.05) is 0 Å². The number of hydrogen-bond donors (Lipinski definition) is 3. The Bertz CT molecular complexity index is 633. The van der Waals surface area contributed by atoms with E-state index in [4.69, 9.17) is 48.2 Å². The van der Waals surface area contributed by atoms with Crippen molar-refractivity contribution >= 4 is 23.4 Å². The van der Waals surface area contributed by atoms with Crippen molar-refractivity contribution < 1.29 is 47.4 Å². The monoisotopic (exact) mass is 462 g/mol. The van der Waals surface area contributed by atoms with Crippen molar-refractivity contribution in [3.8, 4) is 0 Å². The number of hydrogen-bond acceptors (Lipinski definition) is 10. The maximum absolute atomic E-state index is 10.8. The Morgan fingerprint density at radius 2 is 1.58 bits per heavy atom. The molecular weight excluding hydrogens is 429 g/mol. The predicted octanol–water partition coefficient (Wildman–Crippen LogP) is -0.0961. The molecule has 0 aromatic carbocycles. The van der Waals surface area contributed by atoms with E-state index < -0.39 is 63.0 Å². The standard InChI is InChI=1S/C18H33B2O10P/c1-9(2)24-6-10-14-15(17(20)28-10)30-31(22,23,29-14)26-7-11-13(12(21)16(19)27-11)25-8-18(3,4)5/h9-17,21-23H,6-8H2,1-5H3/t10-,11-,12?,13+,14+,15?,16-,17-/m1/s1. The Balaban J connectivity index is 1.63. The van der Waals surface area contributed by atoms with E-state index >= 15 is 0 Å². The molecule has 3 aliphatic heterocycles. The minimum absolute atomic E-state index is 0.0592. The van der Waals surface area contributed by atoms with Gasteiger partial charge in [0.2, 0.25) is 0 Å². The molecule has 0 amide bonds. The van der Waals surface area contributed by atoms with Crippen LogP contribution in [0.15, 0.2) is 0 Å². The van der Waals surface area contributed by atoms with Crippen LogP contribution < -0.4 is 0 Å². The van der Waals surface area contributed by atoms with Crippen LogP contribution in [0.4, 0.5) is 0 Å². The van der Waals surface area contributed by atoms with Crippen LogP contribution >= 0.6 is 7.74 Å². The van der Waals surface area contributed by atoms with Crippen molar-refractivity contribution in [3.63, 3.8) is 0 Å². The number of fused-ring (bicyclic) bond motifs is 1. The van der Waals surface area contributed by atoms with Crippen LogP contribution in [0.25, 0.3) is 0 Å². The van der Waals surface area contributed by atoms with Crippen molar-refractivity contribution in [2.75, 3.05) is 19.8 Å². The van der Waals surface area contributed by atoms with E-state index in [0.717, 1.165) is 0 Å². The molecule has 3 rings (SSSR count). The van der Waals surface area contributed by atoms with Crippen LogP contribution in [0.1, 0.15) is 34.6 Å². The van der Waals surface area contributed by atoms with E-state index in [1.54, 1.807) is 0 Å². The topological polar surface area (TPSA) is 125 Å². The van der Waals surface area contributed by atoms with Gasteiger partial charge in [0.05, 0.1) is 0 Å². The normalized spacial score (nSPS) is 43.1. The quantitative estimate of drug-likeness (QED) is 0.333. The van der Waals surface area contributed by atoms with Gasteiger partial charge in [-0.15, -0.1) is 0 Å². The molecule has 3 aliphatic rings. The molecule has 0 aromatic heterocycles. The predicted molar refractivity (Wildman–Crippen MR) is 112 cm³/mol. The molecule has 3 fully saturated rings. The molecule has 0 aromatic rings. The molecule has 2 unspecified atom stereocenters. The van der Waals surface area contributed by atoms with Gasteiger partial charge in [-0.25, -0.2) is 0 Å². The molecule has 3 N–H and O–H groups in total. The van der Waals surface area contributed by atoms with Crippen molar-refractivity contribution in [2.45, 2.75) is 89.4 Å². The first kappa shape index (κ1) is 25.8. The minimum atomic E-state index is -5.48. The third kappa shape index (κ3) is 6.19. The van der Waals surface area contributed by atoms with Crippen LogP contribution in [-0.4, -0.2) is 105 Å². The van der Waals surface area contributed by atoms with Crippen LogP contribution in [0.5, 0.6) is 0 Å². The summed E-state index contributed by atoms with van der Waals surface area (Å²) in [6.45, 7) is 9.71. The zero-order valence-corrected chi connectivity index (χ0v) is 19.5. The molecular formula is C18H33B2O10P. The molecule has 31 heavy (non-hydrogen) atoms. The summed E-state index contributed by atoms with van der Waals surface area (Å²) in [5, 5.41) is 10.3. The van der Waals surface area contributed by atoms with E-state index in [1.165, 1.54) is 0 Å². The summed E-state index contributed by atoms with van der Waals surface area (Å²) in [6.07, 6.45) is -5.35. The zero-order valence-electron chi connectivity index (χ0n) is 18.6. The summed E-state index contributed by atoms with van der Waals surface area (Å²) in [7, 11) is 6.22. The average molecular weight is 462 g/mol. The molecule has 8 atom stereocenters. The second kappa shape index (κ2) is 9.07. The molecule has 0 spiro atoms. The molecule has 4 radical (unpaired) electrons. The molecule has 3 heterocycles. The van der Waals surface area contributed by atoms with E-state index in [-0.39, 0.29) is 18.1 Å². The first-order chi connectivity index (χ1) is 14.2. The molecule has 0 saturated carbocycles. The fourth-order valence-corrected chi connectivity index (χ4v) is 5.48. The van der Waals surface area contributed by atoms with Crippen LogP contribution in [-0.2, 0) is 32.5 Å². The van der Waals surface area contributed by atoms with Gasteiger partial charge in [0.25, 0.3) is 0 Å². The summed E-state index contributed by atoms with van der Waals surface area (Å²) >= 11 is 0. The van der Waals surface area contributed by atoms with Gasteiger partial charge in [0.15, 0.2) is 0 Å². The first-order valence-electron chi connectivity index (χ1n) is 10.4. The summed E-state index contributed by atoms with van der Waals surface area (Å²) in [5.74, 6) is 0. The summed E-state index contributed by atoms with van der Waals surface area (Å²) < 4.78 is 38.6. The second-order valence-electron chi connectivity index (χ2n) is 9.73. The van der Waals surface area contributed by atoms with Gasteiger partial charge >= 0.3 is 185 Å². The Morgan fingerprint density at radius 1 is 0.968 bits per heavy atom. The Labute approximate surface area is 186 Å². The number of aliphatic hydroxyl groups is 1. The number of ether oxygens (including phenoxy) is 4. The second-order valence-corrected chi connectivity index (χ2v) is 12.0. The average Bonchev–Trinajstić information content (AvgIpc) is 3.19. The van der Waals surface area contributed by atoms with Crippen molar-refractivity contribution in [2.24, 2.45) is 5.41 Å². The maximum atomic E-state index is 10.8. The van der Waals surface area contributed by atoms with E-state index in [1.807, 2.05) is 34.6 Å². The molecule has 0 bridgehead atoms. The number of rotatable bonds is 8. The van der Waals surface area contributed by atoms with E-state index in [2.05, 4.69) is 0 Å². The Kier molecular flexibility index (Phi) is 7.55. The number of aliphatic hydroxyl groups excluding tert-OH is 1. The Hall–Kier alpha value is 0.160. The van der Waals surface area contributed by atoms with Crippen LogP contribution in [0, 0.1) is 5.41 Å². The summed E-state index contributed by atoms with van der Waals surface area (Å²) in [4.78, 5) is 21.6. The van der Waals surface area contributed by atoms with Crippen LogP contribution in [0.2, 0.25) is 0 Å². The van der Waals surface area contributed by atoms with Gasteiger partial charge in [-0.3, -0.25) is 0 Å². The Morgan fingerprint density at radius 3 is 2.19 bits per heavy atom. The van der Waals surface area contributed by atoms with Gasteiger partial charge in [-0.2, -0.15) is 0 Å². The van der Waals surface area contributed by atoms with Gasteiger partial charge < -0.3 is 0 Å². The van der Waals surface area contributed by atoms with Gasteiger partial charge in [0, 0.05) is 0 Å². The van der Waals surface area contributed by atoms with Crippen LogP contribution in [0.3, 0.4) is 0 Å². The van der Waals surface area contributed by atoms with Crippen molar-refractivity contribution in [3.05, 3.63) is 0 Å². The van der Waals surface area contributed by atoms with Crippen molar-refractivity contribution in [1.29, 1.82) is 0 Å². The van der Waals surface area contributed by atoms with Gasteiger partial charge in [0.1, 0.15) is 0 Å². The van der Waals surface area contributed by atoms with E-state index in [9.17, 15) is 14.9 Å².